The fraction of sp³-hybridized carbons (Fsp3) is 0.238. The third-order valence-corrected chi connectivity index (χ3v) is 4.92. The quantitative estimate of drug-likeness (QED) is 0.637. The number of hydrogen-bond acceptors (Lipinski definition) is 3. The maximum Gasteiger partial charge on any atom is 0.161 e. The minimum atomic E-state index is 0.643. The van der Waals surface area contributed by atoms with E-state index in [0.717, 1.165) is 31.0 Å². The lowest BCUT2D eigenvalue weighted by Gasteiger charge is -2.12. The average Bonchev–Trinajstić information content (AvgIpc) is 3.17. The molecule has 130 valence electrons. The summed E-state index contributed by atoms with van der Waals surface area (Å²) in [5.41, 5.74) is 2.52. The topological polar surface area (TPSA) is 35.1 Å². The van der Waals surface area contributed by atoms with Gasteiger partial charge in [0.2, 0.25) is 0 Å². The number of hydrogen-bond donors (Lipinski definition) is 1. The minimum Gasteiger partial charge on any atom is -0.493 e. The van der Waals surface area contributed by atoms with Gasteiger partial charge in [0.15, 0.2) is 11.5 Å². The van der Waals surface area contributed by atoms with Gasteiger partial charge in [-0.3, -0.25) is 0 Å². The summed E-state index contributed by atoms with van der Waals surface area (Å²) in [6.45, 7) is 2.58. The predicted molar refractivity (Wildman–Crippen MR) is 102 cm³/mol. The molecule has 0 amide bonds. The van der Waals surface area contributed by atoms with Crippen LogP contribution >= 0.6 is 11.3 Å². The fourth-order valence-electron chi connectivity index (χ4n) is 2.69. The molecule has 0 unspecified atom stereocenters. The van der Waals surface area contributed by atoms with Crippen LogP contribution in [0.5, 0.6) is 11.5 Å². The van der Waals surface area contributed by atoms with Crippen molar-refractivity contribution in [3.63, 3.8) is 0 Å². The lowest BCUT2D eigenvalue weighted by Crippen LogP contribution is -2.80. The summed E-state index contributed by atoms with van der Waals surface area (Å²) in [4.78, 5) is 1.40. The van der Waals surface area contributed by atoms with Crippen molar-refractivity contribution >= 4 is 11.3 Å². The molecule has 0 aliphatic rings. The van der Waals surface area contributed by atoms with Crippen LogP contribution in [0.3, 0.4) is 0 Å². The molecule has 0 aliphatic carbocycles. The second kappa shape index (κ2) is 9.25. The molecule has 2 aromatic carbocycles. The van der Waals surface area contributed by atoms with Gasteiger partial charge in [-0.25, -0.2) is 0 Å². The highest BCUT2D eigenvalue weighted by Crippen LogP contribution is 2.28. The number of ether oxygens (including phenoxy) is 2. The van der Waals surface area contributed by atoms with E-state index in [9.17, 15) is 0 Å². The van der Waals surface area contributed by atoms with Gasteiger partial charge in [-0.05, 0) is 35.2 Å². The monoisotopic (exact) mass is 354 g/mol. The van der Waals surface area contributed by atoms with E-state index in [2.05, 4.69) is 59.2 Å². The van der Waals surface area contributed by atoms with Gasteiger partial charge in [-0.1, -0.05) is 36.4 Å². The SMILES string of the molecule is COc1cc(C[NH2+]Cc2cccs2)ccc1OCCc1ccccc1. The van der Waals surface area contributed by atoms with Crippen molar-refractivity contribution in [1.82, 2.24) is 0 Å². The maximum absolute atomic E-state index is 5.92. The Hall–Kier alpha value is -2.30. The van der Waals surface area contributed by atoms with E-state index >= 15 is 0 Å². The highest BCUT2D eigenvalue weighted by molar-refractivity contribution is 7.09. The molecule has 3 aromatic rings. The maximum atomic E-state index is 5.92. The highest BCUT2D eigenvalue weighted by Gasteiger charge is 2.07. The van der Waals surface area contributed by atoms with Crippen molar-refractivity contribution < 1.29 is 14.8 Å². The largest absolute Gasteiger partial charge is 0.493 e. The zero-order chi connectivity index (χ0) is 17.3. The zero-order valence-corrected chi connectivity index (χ0v) is 15.3. The molecule has 3 nitrogen and oxygen atoms in total. The first-order valence-corrected chi connectivity index (χ1v) is 9.41. The van der Waals surface area contributed by atoms with E-state index in [4.69, 9.17) is 9.47 Å². The van der Waals surface area contributed by atoms with E-state index in [1.807, 2.05) is 12.1 Å². The Balaban J connectivity index is 1.52. The van der Waals surface area contributed by atoms with Gasteiger partial charge in [0.05, 0.1) is 18.6 Å². The minimum absolute atomic E-state index is 0.643. The van der Waals surface area contributed by atoms with E-state index in [-0.39, 0.29) is 0 Å². The van der Waals surface area contributed by atoms with Crippen LogP contribution in [0.15, 0.2) is 66.0 Å². The van der Waals surface area contributed by atoms with Gasteiger partial charge in [0, 0.05) is 12.0 Å². The van der Waals surface area contributed by atoms with Gasteiger partial charge in [-0.2, -0.15) is 0 Å². The average molecular weight is 354 g/mol. The molecule has 0 radical (unpaired) electrons. The lowest BCUT2D eigenvalue weighted by atomic mass is 10.1. The molecule has 0 atom stereocenters. The number of quaternary nitrogens is 1. The van der Waals surface area contributed by atoms with Crippen LogP contribution in [-0.4, -0.2) is 13.7 Å². The van der Waals surface area contributed by atoms with Crippen LogP contribution < -0.4 is 14.8 Å². The van der Waals surface area contributed by atoms with Crippen LogP contribution in [0.2, 0.25) is 0 Å². The van der Waals surface area contributed by atoms with Gasteiger partial charge >= 0.3 is 0 Å². The molecule has 0 saturated heterocycles. The molecule has 0 fully saturated rings. The summed E-state index contributed by atoms with van der Waals surface area (Å²) < 4.78 is 11.4. The number of benzene rings is 2. The molecule has 1 heterocycles. The van der Waals surface area contributed by atoms with Crippen LogP contribution in [0.1, 0.15) is 16.0 Å². The molecule has 2 N–H and O–H groups in total. The summed E-state index contributed by atoms with van der Waals surface area (Å²) >= 11 is 1.80. The Morgan fingerprint density at radius 1 is 0.880 bits per heavy atom. The molecular weight excluding hydrogens is 330 g/mol. The standard InChI is InChI=1S/C21H23NO2S/c1-23-21-14-18(15-22-16-19-8-5-13-25-19)9-10-20(21)24-12-11-17-6-3-2-4-7-17/h2-10,13-14,22H,11-12,15-16H2,1H3/p+1. The van der Waals surface area contributed by atoms with Crippen molar-refractivity contribution in [2.45, 2.75) is 19.5 Å². The van der Waals surface area contributed by atoms with E-state index in [0.29, 0.717) is 6.61 Å². The van der Waals surface area contributed by atoms with Gasteiger partial charge in [-0.15, -0.1) is 11.3 Å². The molecule has 1 aromatic heterocycles. The highest BCUT2D eigenvalue weighted by atomic mass is 32.1. The van der Waals surface area contributed by atoms with E-state index in [1.165, 1.54) is 16.0 Å². The van der Waals surface area contributed by atoms with Gasteiger partial charge in [0.1, 0.15) is 13.1 Å². The molecule has 0 bridgehead atoms. The molecule has 0 saturated carbocycles. The van der Waals surface area contributed by atoms with Crippen molar-refractivity contribution in [1.29, 1.82) is 0 Å². The molecule has 0 spiro atoms. The number of methoxy groups -OCH3 is 1. The summed E-state index contributed by atoms with van der Waals surface area (Å²) in [7, 11) is 1.69. The van der Waals surface area contributed by atoms with Crippen molar-refractivity contribution in [3.05, 3.63) is 82.0 Å². The van der Waals surface area contributed by atoms with Crippen molar-refractivity contribution in [3.8, 4) is 11.5 Å². The third kappa shape index (κ3) is 5.34. The van der Waals surface area contributed by atoms with Crippen LogP contribution in [-0.2, 0) is 19.5 Å². The number of rotatable bonds is 9. The summed E-state index contributed by atoms with van der Waals surface area (Å²) in [6.07, 6.45) is 0.889. The second-order valence-corrected chi connectivity index (χ2v) is 6.88. The fourth-order valence-corrected chi connectivity index (χ4v) is 3.39. The van der Waals surface area contributed by atoms with Crippen LogP contribution in [0.25, 0.3) is 0 Å². The number of thiophene rings is 1. The first kappa shape index (κ1) is 17.5. The first-order valence-electron chi connectivity index (χ1n) is 8.53. The predicted octanol–water partition coefficient (Wildman–Crippen LogP) is 3.64. The Morgan fingerprint density at radius 2 is 1.76 bits per heavy atom. The Bertz CT molecular complexity index is 757. The van der Waals surface area contributed by atoms with E-state index in [1.54, 1.807) is 18.4 Å². The molecule has 25 heavy (non-hydrogen) atoms. The Morgan fingerprint density at radius 3 is 2.52 bits per heavy atom. The molecule has 3 rings (SSSR count). The lowest BCUT2D eigenvalue weighted by molar-refractivity contribution is -0.685. The van der Waals surface area contributed by atoms with Gasteiger partial charge < -0.3 is 14.8 Å². The van der Waals surface area contributed by atoms with Crippen LogP contribution in [0.4, 0.5) is 0 Å². The normalized spacial score (nSPS) is 10.6. The molecule has 4 heteroatoms. The Labute approximate surface area is 153 Å². The summed E-state index contributed by atoms with van der Waals surface area (Å²) in [6, 6.07) is 20.8. The second-order valence-electron chi connectivity index (χ2n) is 5.85. The first-order chi connectivity index (χ1) is 12.3. The third-order valence-electron chi connectivity index (χ3n) is 4.02. The Kier molecular flexibility index (Phi) is 6.48. The molecular formula is C21H24NO2S+. The molecule has 0 aliphatic heterocycles. The zero-order valence-electron chi connectivity index (χ0n) is 14.5. The summed E-state index contributed by atoms with van der Waals surface area (Å²) in [5, 5.41) is 4.42. The van der Waals surface area contributed by atoms with Gasteiger partial charge in [0.25, 0.3) is 0 Å². The van der Waals surface area contributed by atoms with E-state index < -0.39 is 0 Å². The van der Waals surface area contributed by atoms with Crippen molar-refractivity contribution in [2.24, 2.45) is 0 Å². The summed E-state index contributed by atoms with van der Waals surface area (Å²) in [5.74, 6) is 1.61. The van der Waals surface area contributed by atoms with Crippen LogP contribution in [0, 0.1) is 0 Å². The smallest absolute Gasteiger partial charge is 0.161 e. The number of nitrogens with two attached hydrogens (primary N) is 1. The van der Waals surface area contributed by atoms with Crippen molar-refractivity contribution in [2.75, 3.05) is 13.7 Å².